The van der Waals surface area contributed by atoms with Gasteiger partial charge < -0.3 is 9.47 Å². The number of rotatable bonds is 6. The molecule has 1 heterocycles. The second-order valence-corrected chi connectivity index (χ2v) is 3.68. The van der Waals surface area contributed by atoms with Crippen LogP contribution in [0.1, 0.15) is 38.4 Å². The third-order valence-electron chi connectivity index (χ3n) is 2.19. The van der Waals surface area contributed by atoms with E-state index in [1.54, 1.807) is 25.3 Å². The highest BCUT2D eigenvalue weighted by molar-refractivity contribution is 5.80. The largest absolute Gasteiger partial charge is 0.463 e. The molecule has 0 aliphatic heterocycles. The van der Waals surface area contributed by atoms with Crippen LogP contribution in [-0.2, 0) is 19.1 Å². The van der Waals surface area contributed by atoms with Gasteiger partial charge in [0.25, 0.3) is 0 Å². The van der Waals surface area contributed by atoms with Crippen molar-refractivity contribution in [1.82, 2.24) is 4.98 Å². The standard InChI is InChI=1S/C13H17NO4/c1-3-8-17-13(16)12(18-11(15)4-2)10-6-5-7-14-9-10/h5-7,9,12H,3-4,8H2,1-2H3. The predicted octanol–water partition coefficient (Wildman–Crippen LogP) is 2.03. The molecule has 0 spiro atoms. The summed E-state index contributed by atoms with van der Waals surface area (Å²) in [6.07, 6.45) is 2.96. The molecule has 18 heavy (non-hydrogen) atoms. The third-order valence-corrected chi connectivity index (χ3v) is 2.19. The van der Waals surface area contributed by atoms with E-state index < -0.39 is 18.0 Å². The van der Waals surface area contributed by atoms with Crippen molar-refractivity contribution in [1.29, 1.82) is 0 Å². The van der Waals surface area contributed by atoms with Crippen molar-refractivity contribution < 1.29 is 19.1 Å². The molecule has 0 fully saturated rings. The summed E-state index contributed by atoms with van der Waals surface area (Å²) < 4.78 is 10.1. The first-order valence-corrected chi connectivity index (χ1v) is 5.95. The minimum absolute atomic E-state index is 0.206. The Hall–Kier alpha value is -1.91. The third kappa shape index (κ3) is 4.16. The molecule has 0 saturated carbocycles. The molecule has 1 aromatic rings. The molecule has 0 amide bonds. The van der Waals surface area contributed by atoms with Crippen molar-refractivity contribution in [2.24, 2.45) is 0 Å². The Labute approximate surface area is 106 Å². The van der Waals surface area contributed by atoms with Crippen molar-refractivity contribution in [3.63, 3.8) is 0 Å². The van der Waals surface area contributed by atoms with E-state index in [1.165, 1.54) is 6.20 Å². The fourth-order valence-electron chi connectivity index (χ4n) is 1.28. The Morgan fingerprint density at radius 3 is 2.72 bits per heavy atom. The van der Waals surface area contributed by atoms with Gasteiger partial charge in [-0.25, -0.2) is 4.79 Å². The maximum absolute atomic E-state index is 11.8. The van der Waals surface area contributed by atoms with E-state index in [9.17, 15) is 9.59 Å². The van der Waals surface area contributed by atoms with Crippen LogP contribution in [0.4, 0.5) is 0 Å². The average Bonchev–Trinajstić information content (AvgIpc) is 2.42. The molecule has 1 atom stereocenters. The molecule has 0 aromatic carbocycles. The SMILES string of the molecule is CCCOC(=O)C(OC(=O)CC)c1cccnc1. The van der Waals surface area contributed by atoms with Crippen LogP contribution < -0.4 is 0 Å². The van der Waals surface area contributed by atoms with Gasteiger partial charge in [0.15, 0.2) is 0 Å². The van der Waals surface area contributed by atoms with E-state index >= 15 is 0 Å². The van der Waals surface area contributed by atoms with Crippen LogP contribution >= 0.6 is 0 Å². The zero-order valence-corrected chi connectivity index (χ0v) is 10.6. The second kappa shape index (κ2) is 7.42. The molecule has 5 heteroatoms. The molecule has 0 aliphatic rings. The number of ether oxygens (including phenoxy) is 2. The van der Waals surface area contributed by atoms with Crippen molar-refractivity contribution in [3.8, 4) is 0 Å². The van der Waals surface area contributed by atoms with Crippen LogP contribution in [0.3, 0.4) is 0 Å². The lowest BCUT2D eigenvalue weighted by molar-refractivity contribution is -0.168. The van der Waals surface area contributed by atoms with Crippen molar-refractivity contribution in [2.75, 3.05) is 6.61 Å². The molecule has 1 aromatic heterocycles. The van der Waals surface area contributed by atoms with Gasteiger partial charge >= 0.3 is 11.9 Å². The first-order chi connectivity index (χ1) is 8.69. The zero-order chi connectivity index (χ0) is 13.4. The molecule has 1 unspecified atom stereocenters. The van der Waals surface area contributed by atoms with Crippen molar-refractivity contribution in [3.05, 3.63) is 30.1 Å². The van der Waals surface area contributed by atoms with Crippen LogP contribution in [0.25, 0.3) is 0 Å². The van der Waals surface area contributed by atoms with Gasteiger partial charge in [0.2, 0.25) is 6.10 Å². The number of nitrogens with zero attached hydrogens (tertiary/aromatic N) is 1. The van der Waals surface area contributed by atoms with Crippen LogP contribution in [0.2, 0.25) is 0 Å². The van der Waals surface area contributed by atoms with Crippen molar-refractivity contribution >= 4 is 11.9 Å². The van der Waals surface area contributed by atoms with Gasteiger partial charge in [-0.3, -0.25) is 9.78 Å². The Morgan fingerprint density at radius 1 is 1.39 bits per heavy atom. The molecule has 0 bridgehead atoms. The number of hydrogen-bond donors (Lipinski definition) is 0. The molecular formula is C13H17NO4. The van der Waals surface area contributed by atoms with E-state index in [0.717, 1.165) is 0 Å². The molecular weight excluding hydrogens is 234 g/mol. The number of hydrogen-bond acceptors (Lipinski definition) is 5. The Balaban J connectivity index is 2.81. The Bertz CT molecular complexity index is 391. The Kier molecular flexibility index (Phi) is 5.84. The minimum atomic E-state index is -1.03. The summed E-state index contributed by atoms with van der Waals surface area (Å²) in [7, 11) is 0. The van der Waals surface area contributed by atoms with Gasteiger partial charge in [-0.2, -0.15) is 0 Å². The lowest BCUT2D eigenvalue weighted by atomic mass is 10.1. The molecule has 0 saturated heterocycles. The first-order valence-electron chi connectivity index (χ1n) is 5.95. The highest BCUT2D eigenvalue weighted by Crippen LogP contribution is 2.19. The van der Waals surface area contributed by atoms with E-state index in [0.29, 0.717) is 18.6 Å². The maximum Gasteiger partial charge on any atom is 0.352 e. The summed E-state index contributed by atoms with van der Waals surface area (Å²) in [5.41, 5.74) is 0.514. The van der Waals surface area contributed by atoms with Gasteiger partial charge in [-0.15, -0.1) is 0 Å². The second-order valence-electron chi connectivity index (χ2n) is 3.68. The number of carbonyl (C=O) groups excluding carboxylic acids is 2. The predicted molar refractivity (Wildman–Crippen MR) is 64.6 cm³/mol. The smallest absolute Gasteiger partial charge is 0.352 e. The highest BCUT2D eigenvalue weighted by atomic mass is 16.6. The van der Waals surface area contributed by atoms with Gasteiger partial charge in [-0.05, 0) is 12.5 Å². The van der Waals surface area contributed by atoms with Gasteiger partial charge in [-0.1, -0.05) is 19.9 Å². The fraction of sp³-hybridized carbons (Fsp3) is 0.462. The van der Waals surface area contributed by atoms with Crippen molar-refractivity contribution in [2.45, 2.75) is 32.8 Å². The number of carbonyl (C=O) groups is 2. The fourth-order valence-corrected chi connectivity index (χ4v) is 1.28. The number of pyridine rings is 1. The average molecular weight is 251 g/mol. The first kappa shape index (κ1) is 14.2. The van der Waals surface area contributed by atoms with Crippen LogP contribution in [0, 0.1) is 0 Å². The molecule has 5 nitrogen and oxygen atoms in total. The van der Waals surface area contributed by atoms with Gasteiger partial charge in [0.1, 0.15) is 0 Å². The lowest BCUT2D eigenvalue weighted by Gasteiger charge is -2.16. The molecule has 0 N–H and O–H groups in total. The summed E-state index contributed by atoms with van der Waals surface area (Å²) >= 11 is 0. The molecule has 98 valence electrons. The monoisotopic (exact) mass is 251 g/mol. The van der Waals surface area contributed by atoms with Gasteiger partial charge in [0, 0.05) is 24.4 Å². The van der Waals surface area contributed by atoms with Gasteiger partial charge in [0.05, 0.1) is 6.61 Å². The number of esters is 2. The summed E-state index contributed by atoms with van der Waals surface area (Å²) in [4.78, 5) is 27.1. The van der Waals surface area contributed by atoms with Crippen LogP contribution in [0.15, 0.2) is 24.5 Å². The quantitative estimate of drug-likeness (QED) is 0.724. The van der Waals surface area contributed by atoms with E-state index in [4.69, 9.17) is 9.47 Å². The molecule has 0 radical (unpaired) electrons. The van der Waals surface area contributed by atoms with Crippen LogP contribution in [-0.4, -0.2) is 23.5 Å². The molecule has 0 aliphatic carbocycles. The lowest BCUT2D eigenvalue weighted by Crippen LogP contribution is -2.22. The summed E-state index contributed by atoms with van der Waals surface area (Å²) in [5, 5.41) is 0. The maximum atomic E-state index is 11.8. The van der Waals surface area contributed by atoms with E-state index in [-0.39, 0.29) is 6.42 Å². The minimum Gasteiger partial charge on any atom is -0.463 e. The Morgan fingerprint density at radius 2 is 2.17 bits per heavy atom. The molecule has 1 rings (SSSR count). The van der Waals surface area contributed by atoms with E-state index in [1.807, 2.05) is 6.92 Å². The van der Waals surface area contributed by atoms with Crippen LogP contribution in [0.5, 0.6) is 0 Å². The number of aromatic nitrogens is 1. The topological polar surface area (TPSA) is 65.5 Å². The van der Waals surface area contributed by atoms with E-state index in [2.05, 4.69) is 4.98 Å². The highest BCUT2D eigenvalue weighted by Gasteiger charge is 2.26. The normalized spacial score (nSPS) is 11.7. The summed E-state index contributed by atoms with van der Waals surface area (Å²) in [6.45, 7) is 3.86. The zero-order valence-electron chi connectivity index (χ0n) is 10.6. The summed E-state index contributed by atoms with van der Waals surface area (Å²) in [6, 6.07) is 3.35. The summed E-state index contributed by atoms with van der Waals surface area (Å²) in [5.74, 6) is -1.01.